The van der Waals surface area contributed by atoms with Crippen LogP contribution in [0.4, 0.5) is 5.69 Å². The van der Waals surface area contributed by atoms with E-state index in [1.54, 1.807) is 6.20 Å². The molecule has 3 heterocycles. The number of H-pyrrole nitrogens is 1. The molecule has 33 heavy (non-hydrogen) atoms. The third kappa shape index (κ3) is 4.70. The Hall–Kier alpha value is -4.19. The number of aromatic nitrogens is 2. The number of carbonyl (C=O) groups is 2. The van der Waals surface area contributed by atoms with Gasteiger partial charge in [0.15, 0.2) is 0 Å². The van der Waals surface area contributed by atoms with Crippen LogP contribution in [0.25, 0.3) is 22.5 Å². The van der Waals surface area contributed by atoms with Crippen LogP contribution >= 0.6 is 0 Å². The van der Waals surface area contributed by atoms with E-state index in [0.717, 1.165) is 45.9 Å². The number of nitrogens with one attached hydrogen (secondary N) is 3. The molecule has 0 fully saturated rings. The van der Waals surface area contributed by atoms with Gasteiger partial charge in [0.25, 0.3) is 5.91 Å². The van der Waals surface area contributed by atoms with E-state index in [2.05, 4.69) is 20.6 Å². The third-order valence-corrected chi connectivity index (χ3v) is 5.82. The van der Waals surface area contributed by atoms with Gasteiger partial charge in [-0.05, 0) is 42.3 Å². The zero-order valence-electron chi connectivity index (χ0n) is 18.1. The number of aromatic amines is 1. The summed E-state index contributed by atoms with van der Waals surface area (Å²) in [6.45, 7) is 0.655. The summed E-state index contributed by atoms with van der Waals surface area (Å²) in [6.07, 6.45) is 3.72. The Balaban J connectivity index is 1.27. The largest absolute Gasteiger partial charge is 0.358 e. The van der Waals surface area contributed by atoms with Gasteiger partial charge in [-0.1, -0.05) is 42.5 Å². The highest BCUT2D eigenvalue weighted by molar-refractivity contribution is 5.98. The summed E-state index contributed by atoms with van der Waals surface area (Å²) in [4.78, 5) is 32.2. The van der Waals surface area contributed by atoms with Crippen molar-refractivity contribution in [3.8, 4) is 22.5 Å². The lowest BCUT2D eigenvalue weighted by Crippen LogP contribution is -2.31. The minimum atomic E-state index is -0.0329. The van der Waals surface area contributed by atoms with Crippen LogP contribution in [0.15, 0.2) is 79.0 Å². The molecular formula is C27H24N4O2. The molecule has 1 aliphatic rings. The number of pyridine rings is 1. The van der Waals surface area contributed by atoms with Crippen molar-refractivity contribution in [1.29, 1.82) is 0 Å². The van der Waals surface area contributed by atoms with E-state index in [0.29, 0.717) is 24.9 Å². The van der Waals surface area contributed by atoms with E-state index in [-0.39, 0.29) is 11.8 Å². The molecule has 6 heteroatoms. The highest BCUT2D eigenvalue weighted by Gasteiger charge is 2.20. The monoisotopic (exact) mass is 436 g/mol. The normalized spacial score (nSPS) is 12.7. The van der Waals surface area contributed by atoms with Crippen LogP contribution in [0.1, 0.15) is 28.0 Å². The van der Waals surface area contributed by atoms with E-state index in [1.165, 1.54) is 0 Å². The first-order valence-electron chi connectivity index (χ1n) is 11.1. The molecule has 2 aromatic heterocycles. The highest BCUT2D eigenvalue weighted by Crippen LogP contribution is 2.27. The summed E-state index contributed by atoms with van der Waals surface area (Å²) in [5.74, 6) is -0.0408. The van der Waals surface area contributed by atoms with Crippen molar-refractivity contribution in [2.45, 2.75) is 19.3 Å². The number of benzene rings is 2. The first kappa shape index (κ1) is 20.7. The highest BCUT2D eigenvalue weighted by atomic mass is 16.2. The van der Waals surface area contributed by atoms with Crippen LogP contribution in [0, 0.1) is 0 Å². The van der Waals surface area contributed by atoms with Gasteiger partial charge in [-0.15, -0.1) is 0 Å². The third-order valence-electron chi connectivity index (χ3n) is 5.82. The lowest BCUT2D eigenvalue weighted by Gasteiger charge is -2.11. The fourth-order valence-corrected chi connectivity index (χ4v) is 4.06. The number of amides is 2. The Morgan fingerprint density at radius 2 is 1.79 bits per heavy atom. The number of rotatable bonds is 6. The van der Waals surface area contributed by atoms with Crippen molar-refractivity contribution >= 4 is 17.5 Å². The van der Waals surface area contributed by atoms with Crippen LogP contribution in [0.2, 0.25) is 0 Å². The van der Waals surface area contributed by atoms with Gasteiger partial charge in [-0.25, -0.2) is 0 Å². The molecule has 5 rings (SSSR count). The smallest absolute Gasteiger partial charge is 0.253 e. The number of nitrogens with zero attached hydrogens (tertiary/aromatic N) is 1. The lowest BCUT2D eigenvalue weighted by atomic mass is 10.1. The van der Waals surface area contributed by atoms with Crippen LogP contribution in [0.3, 0.4) is 0 Å². The molecule has 0 saturated carbocycles. The maximum Gasteiger partial charge on any atom is 0.253 e. The minimum absolute atomic E-state index is 0.00789. The van der Waals surface area contributed by atoms with Crippen molar-refractivity contribution < 1.29 is 9.59 Å². The number of aryl methyl sites for hydroxylation is 1. The van der Waals surface area contributed by atoms with Crippen molar-refractivity contribution in [1.82, 2.24) is 15.3 Å². The molecule has 3 N–H and O–H groups in total. The van der Waals surface area contributed by atoms with Gasteiger partial charge in [0.05, 0.1) is 11.3 Å². The quantitative estimate of drug-likeness (QED) is 0.413. The Morgan fingerprint density at radius 1 is 0.970 bits per heavy atom. The minimum Gasteiger partial charge on any atom is -0.358 e. The van der Waals surface area contributed by atoms with E-state index < -0.39 is 0 Å². The SMILES string of the molecule is O=C(CCc1ccccc1)Nc1ccc(-c2cc(-c3cc4c([nH]3)CCNC4=O)ccn2)cc1. The summed E-state index contributed by atoms with van der Waals surface area (Å²) >= 11 is 0. The maximum absolute atomic E-state index is 12.3. The van der Waals surface area contributed by atoms with Gasteiger partial charge in [0.1, 0.15) is 0 Å². The molecule has 2 amide bonds. The van der Waals surface area contributed by atoms with Crippen LogP contribution in [-0.2, 0) is 17.6 Å². The number of fused-ring (bicyclic) bond motifs is 1. The zero-order valence-corrected chi connectivity index (χ0v) is 18.1. The van der Waals surface area contributed by atoms with E-state index >= 15 is 0 Å². The topological polar surface area (TPSA) is 86.9 Å². The first-order valence-corrected chi connectivity index (χ1v) is 11.1. The van der Waals surface area contributed by atoms with Crippen LogP contribution in [-0.4, -0.2) is 28.3 Å². The van der Waals surface area contributed by atoms with Crippen LogP contribution in [0.5, 0.6) is 0 Å². The molecule has 1 aliphatic heterocycles. The average Bonchev–Trinajstić information content (AvgIpc) is 3.30. The Morgan fingerprint density at radius 3 is 2.58 bits per heavy atom. The van der Waals surface area contributed by atoms with Gasteiger partial charge >= 0.3 is 0 Å². The van der Waals surface area contributed by atoms with Crippen molar-refractivity contribution in [2.75, 3.05) is 11.9 Å². The van der Waals surface area contributed by atoms with E-state index in [9.17, 15) is 9.59 Å². The number of anilines is 1. The number of hydrogen-bond donors (Lipinski definition) is 3. The Kier molecular flexibility index (Phi) is 5.72. The second-order valence-corrected chi connectivity index (χ2v) is 8.12. The molecule has 0 saturated heterocycles. The van der Waals surface area contributed by atoms with Gasteiger partial charge in [0, 0.05) is 53.8 Å². The van der Waals surface area contributed by atoms with Gasteiger partial charge in [-0.2, -0.15) is 0 Å². The second-order valence-electron chi connectivity index (χ2n) is 8.12. The Labute approximate surface area is 192 Å². The first-order chi connectivity index (χ1) is 16.2. The predicted octanol–water partition coefficient (Wildman–Crippen LogP) is 4.60. The van der Waals surface area contributed by atoms with Gasteiger partial charge < -0.3 is 15.6 Å². The van der Waals surface area contributed by atoms with Crippen molar-refractivity contribution in [3.63, 3.8) is 0 Å². The van der Waals surface area contributed by atoms with E-state index in [1.807, 2.05) is 72.8 Å². The lowest BCUT2D eigenvalue weighted by molar-refractivity contribution is -0.116. The van der Waals surface area contributed by atoms with Crippen LogP contribution < -0.4 is 10.6 Å². The van der Waals surface area contributed by atoms with Crippen molar-refractivity contribution in [2.24, 2.45) is 0 Å². The molecule has 0 radical (unpaired) electrons. The fourth-order valence-electron chi connectivity index (χ4n) is 4.06. The molecular weight excluding hydrogens is 412 g/mol. The molecule has 0 spiro atoms. The summed E-state index contributed by atoms with van der Waals surface area (Å²) in [5.41, 5.74) is 7.25. The molecule has 4 aromatic rings. The summed E-state index contributed by atoms with van der Waals surface area (Å²) in [6, 6.07) is 23.5. The van der Waals surface area contributed by atoms with Gasteiger partial charge in [0.2, 0.25) is 5.91 Å². The molecule has 164 valence electrons. The number of carbonyl (C=O) groups excluding carboxylic acids is 2. The van der Waals surface area contributed by atoms with Gasteiger partial charge in [-0.3, -0.25) is 14.6 Å². The summed E-state index contributed by atoms with van der Waals surface area (Å²) < 4.78 is 0. The molecule has 6 nitrogen and oxygen atoms in total. The average molecular weight is 437 g/mol. The standard InChI is InChI=1S/C27H24N4O2/c32-26(11-6-18-4-2-1-3-5-18)30-21-9-7-19(8-10-21)24-16-20(12-14-28-24)25-17-22-23(31-25)13-15-29-27(22)33/h1-5,7-10,12,14,16-17,31H,6,11,13,15H2,(H,29,33)(H,30,32). The zero-order chi connectivity index (χ0) is 22.6. The molecule has 2 aromatic carbocycles. The Bertz CT molecular complexity index is 1290. The predicted molar refractivity (Wildman–Crippen MR) is 129 cm³/mol. The maximum atomic E-state index is 12.3. The fraction of sp³-hybridized carbons (Fsp3) is 0.148. The van der Waals surface area contributed by atoms with Crippen molar-refractivity contribution in [3.05, 3.63) is 95.8 Å². The molecule has 0 aliphatic carbocycles. The second kappa shape index (κ2) is 9.12. The molecule has 0 bridgehead atoms. The summed E-state index contributed by atoms with van der Waals surface area (Å²) in [5, 5.41) is 5.83. The molecule has 0 atom stereocenters. The molecule has 0 unspecified atom stereocenters. The number of hydrogen-bond acceptors (Lipinski definition) is 3. The summed E-state index contributed by atoms with van der Waals surface area (Å²) in [7, 11) is 0. The van der Waals surface area contributed by atoms with E-state index in [4.69, 9.17) is 0 Å².